The molecule has 0 saturated carbocycles. The lowest BCUT2D eigenvalue weighted by Gasteiger charge is -2.39. The van der Waals surface area contributed by atoms with E-state index in [0.29, 0.717) is 19.1 Å². The number of rotatable bonds is 3. The summed E-state index contributed by atoms with van der Waals surface area (Å²) >= 11 is 0. The lowest BCUT2D eigenvalue weighted by atomic mass is 10.2. The minimum absolute atomic E-state index is 0.147. The molecule has 1 aliphatic rings. The van der Waals surface area contributed by atoms with Gasteiger partial charge in [-0.15, -0.1) is 0 Å². The first-order valence-electron chi connectivity index (χ1n) is 7.01. The Balaban J connectivity index is 2.04. The van der Waals surface area contributed by atoms with Crippen LogP contribution in [-0.2, 0) is 0 Å². The van der Waals surface area contributed by atoms with E-state index in [4.69, 9.17) is 5.11 Å². The van der Waals surface area contributed by atoms with E-state index in [2.05, 4.69) is 29.0 Å². The Hall–Kier alpha value is -2.15. The first-order valence-corrected chi connectivity index (χ1v) is 7.01. The summed E-state index contributed by atoms with van der Waals surface area (Å²) in [5, 5.41) is 11.7. The molecule has 1 atom stereocenters. The van der Waals surface area contributed by atoms with Crippen molar-refractivity contribution >= 4 is 17.7 Å². The lowest BCUT2D eigenvalue weighted by molar-refractivity contribution is 0.0691. The number of aromatic carboxylic acids is 1. The number of carbonyl (C=O) groups excluding carboxylic acids is 1. The number of nitrogens with one attached hydrogen (secondary N) is 1. The molecule has 0 aliphatic carbocycles. The van der Waals surface area contributed by atoms with Gasteiger partial charge in [0.15, 0.2) is 5.69 Å². The van der Waals surface area contributed by atoms with Crippen molar-refractivity contribution in [3.63, 3.8) is 0 Å². The molecule has 114 valence electrons. The number of aromatic nitrogens is 1. The third-order valence-corrected chi connectivity index (χ3v) is 3.71. The number of carbonyl (C=O) groups is 2. The fraction of sp³-hybridized carbons (Fsp3) is 0.500. The predicted octanol–water partition coefficient (Wildman–Crippen LogP) is 1.34. The molecule has 1 saturated heterocycles. The van der Waals surface area contributed by atoms with Crippen LogP contribution in [0.5, 0.6) is 0 Å². The number of amides is 2. The maximum absolute atomic E-state index is 12.3. The molecule has 7 heteroatoms. The molecule has 1 unspecified atom stereocenters. The van der Waals surface area contributed by atoms with Gasteiger partial charge in [0.2, 0.25) is 0 Å². The van der Waals surface area contributed by atoms with Crippen LogP contribution in [-0.4, -0.2) is 64.1 Å². The van der Waals surface area contributed by atoms with Crippen molar-refractivity contribution in [2.24, 2.45) is 0 Å². The third-order valence-electron chi connectivity index (χ3n) is 3.71. The zero-order valence-electron chi connectivity index (χ0n) is 12.2. The molecule has 1 aliphatic heterocycles. The summed E-state index contributed by atoms with van der Waals surface area (Å²) < 4.78 is 0. The van der Waals surface area contributed by atoms with Gasteiger partial charge < -0.3 is 15.3 Å². The fourth-order valence-corrected chi connectivity index (χ4v) is 2.52. The smallest absolute Gasteiger partial charge is 0.356 e. The van der Waals surface area contributed by atoms with E-state index >= 15 is 0 Å². The topological polar surface area (TPSA) is 85.8 Å². The van der Waals surface area contributed by atoms with Crippen molar-refractivity contribution in [1.82, 2.24) is 14.8 Å². The van der Waals surface area contributed by atoms with E-state index in [1.54, 1.807) is 17.0 Å². The molecule has 0 aromatic carbocycles. The third kappa shape index (κ3) is 3.49. The number of piperazine rings is 1. The van der Waals surface area contributed by atoms with Crippen molar-refractivity contribution in [2.45, 2.75) is 19.9 Å². The van der Waals surface area contributed by atoms with Crippen LogP contribution in [0.3, 0.4) is 0 Å². The van der Waals surface area contributed by atoms with E-state index < -0.39 is 5.97 Å². The van der Waals surface area contributed by atoms with Gasteiger partial charge in [-0.25, -0.2) is 14.6 Å². The number of anilines is 1. The second kappa shape index (κ2) is 6.53. The maximum atomic E-state index is 12.3. The average Bonchev–Trinajstić information content (AvgIpc) is 2.47. The fourth-order valence-electron chi connectivity index (χ4n) is 2.52. The van der Waals surface area contributed by atoms with Crippen molar-refractivity contribution in [3.05, 3.63) is 24.0 Å². The molecule has 0 bridgehead atoms. The van der Waals surface area contributed by atoms with Gasteiger partial charge in [0, 0.05) is 31.9 Å². The van der Waals surface area contributed by atoms with Gasteiger partial charge in [0.25, 0.3) is 0 Å². The SMILES string of the molecule is CCN1CCN(C(=O)Nc2cccnc2C(=O)O)CC1C. The number of hydrogen-bond acceptors (Lipinski definition) is 4. The summed E-state index contributed by atoms with van der Waals surface area (Å²) in [5.74, 6) is -1.16. The molecule has 2 N–H and O–H groups in total. The number of carboxylic acids is 1. The zero-order chi connectivity index (χ0) is 15.4. The predicted molar refractivity (Wildman–Crippen MR) is 78.5 cm³/mol. The van der Waals surface area contributed by atoms with Crippen molar-refractivity contribution in [3.8, 4) is 0 Å². The highest BCUT2D eigenvalue weighted by atomic mass is 16.4. The van der Waals surface area contributed by atoms with Crippen LogP contribution in [0.1, 0.15) is 24.3 Å². The summed E-state index contributed by atoms with van der Waals surface area (Å²) in [7, 11) is 0. The molecular weight excluding hydrogens is 272 g/mol. The molecule has 2 heterocycles. The number of urea groups is 1. The van der Waals surface area contributed by atoms with Gasteiger partial charge in [-0.2, -0.15) is 0 Å². The van der Waals surface area contributed by atoms with E-state index in [1.165, 1.54) is 6.20 Å². The molecule has 1 aromatic heterocycles. The van der Waals surface area contributed by atoms with E-state index in [9.17, 15) is 9.59 Å². The van der Waals surface area contributed by atoms with Gasteiger partial charge >= 0.3 is 12.0 Å². The standard InChI is InChI=1S/C14H20N4O3/c1-3-17-7-8-18(9-10(17)2)14(21)16-11-5-4-6-15-12(11)13(19)20/h4-6,10H,3,7-9H2,1-2H3,(H,16,21)(H,19,20). The van der Waals surface area contributed by atoms with Crippen LogP contribution < -0.4 is 5.32 Å². The zero-order valence-corrected chi connectivity index (χ0v) is 12.2. The Bertz CT molecular complexity index is 535. The van der Waals surface area contributed by atoms with Crippen molar-refractivity contribution < 1.29 is 14.7 Å². The van der Waals surface area contributed by atoms with Crippen LogP contribution in [0.25, 0.3) is 0 Å². The molecule has 21 heavy (non-hydrogen) atoms. The highest BCUT2D eigenvalue weighted by Gasteiger charge is 2.26. The Morgan fingerprint density at radius 2 is 2.24 bits per heavy atom. The molecule has 7 nitrogen and oxygen atoms in total. The Kier molecular flexibility index (Phi) is 4.74. The first kappa shape index (κ1) is 15.2. The minimum Gasteiger partial charge on any atom is -0.476 e. The summed E-state index contributed by atoms with van der Waals surface area (Å²) in [6.45, 7) is 7.22. The number of nitrogens with zero attached hydrogens (tertiary/aromatic N) is 3. The number of pyridine rings is 1. The summed E-state index contributed by atoms with van der Waals surface area (Å²) in [5.41, 5.74) is 0.0756. The number of carboxylic acid groups (broad SMARTS) is 1. The summed E-state index contributed by atoms with van der Waals surface area (Å²) in [4.78, 5) is 31.1. The normalized spacial score (nSPS) is 19.3. The molecule has 1 aromatic rings. The number of likely N-dealkylation sites (N-methyl/N-ethyl adjacent to an activating group) is 1. The minimum atomic E-state index is -1.16. The van der Waals surface area contributed by atoms with Crippen molar-refractivity contribution in [2.75, 3.05) is 31.5 Å². The van der Waals surface area contributed by atoms with Crippen LogP contribution in [0.4, 0.5) is 10.5 Å². The molecule has 0 spiro atoms. The molecule has 1 fully saturated rings. The van der Waals surface area contributed by atoms with E-state index in [1.807, 2.05) is 0 Å². The molecular formula is C14H20N4O3. The molecule has 0 radical (unpaired) electrons. The highest BCUT2D eigenvalue weighted by molar-refractivity contribution is 5.98. The monoisotopic (exact) mass is 292 g/mol. The van der Waals surface area contributed by atoms with Gasteiger partial charge in [0.1, 0.15) is 0 Å². The Labute approximate surface area is 123 Å². The highest BCUT2D eigenvalue weighted by Crippen LogP contribution is 2.15. The molecule has 2 rings (SSSR count). The van der Waals surface area contributed by atoms with Gasteiger partial charge in [0.05, 0.1) is 5.69 Å². The Morgan fingerprint density at radius 1 is 1.48 bits per heavy atom. The second-order valence-corrected chi connectivity index (χ2v) is 5.06. The lowest BCUT2D eigenvalue weighted by Crippen LogP contribution is -2.54. The van der Waals surface area contributed by atoms with E-state index in [-0.39, 0.29) is 17.4 Å². The number of hydrogen-bond donors (Lipinski definition) is 2. The van der Waals surface area contributed by atoms with Crippen LogP contribution in [0.15, 0.2) is 18.3 Å². The van der Waals surface area contributed by atoms with Crippen LogP contribution in [0, 0.1) is 0 Å². The van der Waals surface area contributed by atoms with Crippen molar-refractivity contribution in [1.29, 1.82) is 0 Å². The van der Waals surface area contributed by atoms with E-state index in [0.717, 1.165) is 13.1 Å². The average molecular weight is 292 g/mol. The Morgan fingerprint density at radius 3 is 2.86 bits per heavy atom. The van der Waals surface area contributed by atoms with Gasteiger partial charge in [-0.05, 0) is 25.6 Å². The summed E-state index contributed by atoms with van der Waals surface area (Å²) in [6, 6.07) is 3.15. The largest absolute Gasteiger partial charge is 0.476 e. The summed E-state index contributed by atoms with van der Waals surface area (Å²) in [6.07, 6.45) is 1.39. The van der Waals surface area contributed by atoms with Gasteiger partial charge in [-0.1, -0.05) is 6.92 Å². The van der Waals surface area contributed by atoms with Crippen LogP contribution in [0.2, 0.25) is 0 Å². The quantitative estimate of drug-likeness (QED) is 0.878. The maximum Gasteiger partial charge on any atom is 0.356 e. The van der Waals surface area contributed by atoms with Crippen LogP contribution >= 0.6 is 0 Å². The molecule has 2 amide bonds. The second-order valence-electron chi connectivity index (χ2n) is 5.06. The first-order chi connectivity index (χ1) is 10.0. The van der Waals surface area contributed by atoms with Gasteiger partial charge in [-0.3, -0.25) is 4.90 Å².